The van der Waals surface area contributed by atoms with E-state index in [-0.39, 0.29) is 0 Å². The fraction of sp³-hybridized carbons (Fsp3) is 1.00. The average Bonchev–Trinajstić information content (AvgIpc) is 2.95. The van der Waals surface area contributed by atoms with E-state index < -0.39 is 0 Å². The van der Waals surface area contributed by atoms with Crippen LogP contribution in [0.4, 0.5) is 0 Å². The molecule has 2 fully saturated rings. The van der Waals surface area contributed by atoms with E-state index in [2.05, 4.69) is 31.5 Å². The summed E-state index contributed by atoms with van der Waals surface area (Å²) in [6, 6.07) is 0. The van der Waals surface area contributed by atoms with Crippen molar-refractivity contribution in [3.8, 4) is 0 Å². The minimum absolute atomic E-state index is 0.411. The lowest BCUT2D eigenvalue weighted by Gasteiger charge is -2.39. The van der Waals surface area contributed by atoms with Gasteiger partial charge in [-0.05, 0) is 49.3 Å². The second-order valence-corrected chi connectivity index (χ2v) is 6.26. The molecule has 1 aliphatic carbocycles. The van der Waals surface area contributed by atoms with E-state index in [9.17, 15) is 0 Å². The maximum atomic E-state index is 5.47. The fourth-order valence-corrected chi connectivity index (χ4v) is 3.28. The Morgan fingerprint density at radius 3 is 2.50 bits per heavy atom. The summed E-state index contributed by atoms with van der Waals surface area (Å²) in [4.78, 5) is 2.52. The van der Waals surface area contributed by atoms with Crippen molar-refractivity contribution in [3.05, 3.63) is 0 Å². The first-order valence-electron chi connectivity index (χ1n) is 6.52. The minimum Gasteiger partial charge on any atom is -0.381 e. The van der Waals surface area contributed by atoms with Gasteiger partial charge < -0.3 is 9.64 Å². The second kappa shape index (κ2) is 5.28. The van der Waals surface area contributed by atoms with Crippen molar-refractivity contribution < 1.29 is 4.74 Å². The molecule has 2 atom stereocenters. The number of thiol groups is 1. The van der Waals surface area contributed by atoms with Crippen LogP contribution in [-0.4, -0.2) is 44.0 Å². The minimum atomic E-state index is 0.411. The molecule has 1 saturated heterocycles. The van der Waals surface area contributed by atoms with Crippen LogP contribution in [0.15, 0.2) is 0 Å². The molecule has 1 heterocycles. The Morgan fingerprint density at radius 1 is 1.38 bits per heavy atom. The van der Waals surface area contributed by atoms with Crippen molar-refractivity contribution in [2.45, 2.75) is 26.2 Å². The molecule has 1 saturated carbocycles. The van der Waals surface area contributed by atoms with Gasteiger partial charge in [0.25, 0.3) is 0 Å². The van der Waals surface area contributed by atoms with Gasteiger partial charge in [-0.2, -0.15) is 12.6 Å². The molecular weight excluding hydrogens is 218 g/mol. The third kappa shape index (κ3) is 3.14. The number of ether oxygens (including phenoxy) is 1. The molecule has 94 valence electrons. The van der Waals surface area contributed by atoms with Gasteiger partial charge in [0.15, 0.2) is 0 Å². The Kier molecular flexibility index (Phi) is 4.20. The number of hydrogen-bond donors (Lipinski definition) is 1. The third-order valence-electron chi connectivity index (χ3n) is 4.32. The van der Waals surface area contributed by atoms with Gasteiger partial charge >= 0.3 is 0 Å². The van der Waals surface area contributed by atoms with Crippen molar-refractivity contribution >= 4 is 12.6 Å². The van der Waals surface area contributed by atoms with E-state index in [1.165, 1.54) is 32.4 Å². The SMILES string of the molecule is CC1CC1CN(C)CC1(CS)CCOCC1. The highest BCUT2D eigenvalue weighted by Gasteiger charge is 2.36. The highest BCUT2D eigenvalue weighted by molar-refractivity contribution is 7.80. The van der Waals surface area contributed by atoms with E-state index in [4.69, 9.17) is 4.74 Å². The summed E-state index contributed by atoms with van der Waals surface area (Å²) in [6.07, 6.45) is 3.80. The topological polar surface area (TPSA) is 12.5 Å². The van der Waals surface area contributed by atoms with Crippen LogP contribution in [-0.2, 0) is 4.74 Å². The summed E-state index contributed by atoms with van der Waals surface area (Å²) in [5, 5.41) is 0. The predicted molar refractivity (Wildman–Crippen MR) is 71.1 cm³/mol. The van der Waals surface area contributed by atoms with Gasteiger partial charge in [0.05, 0.1) is 0 Å². The lowest BCUT2D eigenvalue weighted by molar-refractivity contribution is 0.0109. The summed E-state index contributed by atoms with van der Waals surface area (Å²) >= 11 is 4.57. The van der Waals surface area contributed by atoms with Crippen LogP contribution in [0.1, 0.15) is 26.2 Å². The molecule has 2 unspecified atom stereocenters. The van der Waals surface area contributed by atoms with Gasteiger partial charge in [0.1, 0.15) is 0 Å². The summed E-state index contributed by atoms with van der Waals surface area (Å²) < 4.78 is 5.47. The molecular formula is C13H25NOS. The van der Waals surface area contributed by atoms with Crippen LogP contribution in [0, 0.1) is 17.3 Å². The third-order valence-corrected chi connectivity index (χ3v) is 4.99. The summed E-state index contributed by atoms with van der Waals surface area (Å²) in [6.45, 7) is 6.68. The van der Waals surface area contributed by atoms with Crippen LogP contribution in [0.5, 0.6) is 0 Å². The van der Waals surface area contributed by atoms with Crippen LogP contribution < -0.4 is 0 Å². The van der Waals surface area contributed by atoms with Crippen LogP contribution in [0.3, 0.4) is 0 Å². The van der Waals surface area contributed by atoms with Gasteiger partial charge in [-0.1, -0.05) is 6.92 Å². The van der Waals surface area contributed by atoms with E-state index in [1.54, 1.807) is 0 Å². The molecule has 0 aromatic carbocycles. The first-order chi connectivity index (χ1) is 7.65. The summed E-state index contributed by atoms with van der Waals surface area (Å²) in [5.41, 5.74) is 0.411. The Bertz CT molecular complexity index is 228. The standard InChI is InChI=1S/C13H25NOS/c1-11-7-12(11)8-14(2)9-13(10-16)3-5-15-6-4-13/h11-12,16H,3-10H2,1-2H3. The van der Waals surface area contributed by atoms with Gasteiger partial charge in [-0.3, -0.25) is 0 Å². The molecule has 3 heteroatoms. The highest BCUT2D eigenvalue weighted by Crippen LogP contribution is 2.39. The molecule has 0 radical (unpaired) electrons. The van der Waals surface area contributed by atoms with Crippen LogP contribution in [0.2, 0.25) is 0 Å². The molecule has 2 rings (SSSR count). The second-order valence-electron chi connectivity index (χ2n) is 5.94. The molecule has 2 nitrogen and oxygen atoms in total. The molecule has 0 aromatic rings. The van der Waals surface area contributed by atoms with Gasteiger partial charge in [-0.15, -0.1) is 0 Å². The maximum Gasteiger partial charge on any atom is 0.0472 e. The molecule has 1 aliphatic heterocycles. The smallest absolute Gasteiger partial charge is 0.0472 e. The zero-order valence-electron chi connectivity index (χ0n) is 10.6. The molecule has 0 spiro atoms. The van der Waals surface area contributed by atoms with Gasteiger partial charge in [0, 0.05) is 26.3 Å². The Balaban J connectivity index is 1.80. The van der Waals surface area contributed by atoms with Crippen molar-refractivity contribution in [1.29, 1.82) is 0 Å². The van der Waals surface area contributed by atoms with E-state index in [1.807, 2.05) is 0 Å². The Labute approximate surface area is 105 Å². The lowest BCUT2D eigenvalue weighted by atomic mass is 9.81. The molecule has 0 amide bonds. The van der Waals surface area contributed by atoms with E-state index >= 15 is 0 Å². The lowest BCUT2D eigenvalue weighted by Crippen LogP contribution is -2.42. The zero-order chi connectivity index (χ0) is 11.6. The van der Waals surface area contributed by atoms with Gasteiger partial charge in [-0.25, -0.2) is 0 Å². The van der Waals surface area contributed by atoms with Crippen molar-refractivity contribution in [1.82, 2.24) is 4.90 Å². The van der Waals surface area contributed by atoms with Crippen molar-refractivity contribution in [3.63, 3.8) is 0 Å². The monoisotopic (exact) mass is 243 g/mol. The Morgan fingerprint density at radius 2 is 2.00 bits per heavy atom. The molecule has 16 heavy (non-hydrogen) atoms. The summed E-state index contributed by atoms with van der Waals surface area (Å²) in [7, 11) is 2.27. The highest BCUT2D eigenvalue weighted by atomic mass is 32.1. The molecule has 0 aromatic heterocycles. The fourth-order valence-electron chi connectivity index (χ4n) is 2.86. The van der Waals surface area contributed by atoms with Crippen molar-refractivity contribution in [2.75, 3.05) is 39.1 Å². The Hall–Kier alpha value is 0.270. The van der Waals surface area contributed by atoms with E-state index in [0.29, 0.717) is 5.41 Å². The number of hydrogen-bond acceptors (Lipinski definition) is 3. The summed E-state index contributed by atoms with van der Waals surface area (Å²) in [5.74, 6) is 2.92. The normalized spacial score (nSPS) is 33.0. The number of nitrogens with zero attached hydrogens (tertiary/aromatic N) is 1. The van der Waals surface area contributed by atoms with Crippen LogP contribution >= 0.6 is 12.6 Å². The number of rotatable bonds is 5. The quantitative estimate of drug-likeness (QED) is 0.744. The van der Waals surface area contributed by atoms with Gasteiger partial charge in [0.2, 0.25) is 0 Å². The zero-order valence-corrected chi connectivity index (χ0v) is 11.5. The van der Waals surface area contributed by atoms with Crippen LogP contribution in [0.25, 0.3) is 0 Å². The van der Waals surface area contributed by atoms with E-state index in [0.717, 1.165) is 30.8 Å². The first-order valence-corrected chi connectivity index (χ1v) is 7.16. The predicted octanol–water partition coefficient (Wildman–Crippen LogP) is 2.30. The molecule has 0 N–H and O–H groups in total. The average molecular weight is 243 g/mol. The maximum absolute atomic E-state index is 5.47. The largest absolute Gasteiger partial charge is 0.381 e. The molecule has 2 aliphatic rings. The first kappa shape index (κ1) is 12.7. The van der Waals surface area contributed by atoms with Crippen molar-refractivity contribution in [2.24, 2.45) is 17.3 Å². The molecule has 0 bridgehead atoms.